The Morgan fingerprint density at radius 2 is 1.74 bits per heavy atom. The fraction of sp³-hybridized carbons (Fsp3) is 0.0870. The standard InChI is InChI=1S/C23H18N6OS/c30-20(26-19-12-6-10-17-9-4-5-11-18(17)19)14-31-23-21-22(24-15-25-23)29(28-27-21)13-16-7-2-1-3-8-16/h1-12,15H,13-14H2,(H,26,30). The van der Waals surface area contributed by atoms with E-state index in [9.17, 15) is 4.79 Å². The molecule has 0 bridgehead atoms. The first kappa shape index (κ1) is 19.2. The van der Waals surface area contributed by atoms with Crippen molar-refractivity contribution in [2.24, 2.45) is 0 Å². The van der Waals surface area contributed by atoms with Crippen molar-refractivity contribution < 1.29 is 4.79 Å². The maximum absolute atomic E-state index is 12.6. The summed E-state index contributed by atoms with van der Waals surface area (Å²) in [5.74, 6) is 0.103. The van der Waals surface area contributed by atoms with E-state index >= 15 is 0 Å². The number of anilines is 1. The number of carbonyl (C=O) groups excluding carboxylic acids is 1. The summed E-state index contributed by atoms with van der Waals surface area (Å²) >= 11 is 1.32. The molecule has 31 heavy (non-hydrogen) atoms. The highest BCUT2D eigenvalue weighted by Gasteiger charge is 2.14. The summed E-state index contributed by atoms with van der Waals surface area (Å²) in [6, 6.07) is 23.8. The number of aromatic nitrogens is 5. The van der Waals surface area contributed by atoms with Gasteiger partial charge in [-0.15, -0.1) is 5.10 Å². The monoisotopic (exact) mass is 426 g/mol. The Bertz CT molecular complexity index is 1360. The van der Waals surface area contributed by atoms with Crippen LogP contribution in [0.1, 0.15) is 5.56 Å². The van der Waals surface area contributed by atoms with E-state index < -0.39 is 0 Å². The molecule has 0 unspecified atom stereocenters. The number of carbonyl (C=O) groups is 1. The molecule has 0 saturated heterocycles. The molecule has 2 heterocycles. The molecule has 152 valence electrons. The summed E-state index contributed by atoms with van der Waals surface area (Å²) in [7, 11) is 0. The second kappa shape index (κ2) is 8.53. The van der Waals surface area contributed by atoms with Crippen molar-refractivity contribution in [1.29, 1.82) is 0 Å². The van der Waals surface area contributed by atoms with Gasteiger partial charge in [-0.2, -0.15) is 0 Å². The average Bonchev–Trinajstić information content (AvgIpc) is 3.22. The van der Waals surface area contributed by atoms with Crippen LogP contribution < -0.4 is 5.32 Å². The van der Waals surface area contributed by atoms with Gasteiger partial charge < -0.3 is 5.32 Å². The number of hydrogen-bond donors (Lipinski definition) is 1. The molecule has 0 aliphatic heterocycles. The molecule has 1 amide bonds. The van der Waals surface area contributed by atoms with Crippen molar-refractivity contribution in [2.75, 3.05) is 11.1 Å². The molecular weight excluding hydrogens is 408 g/mol. The number of benzene rings is 3. The third kappa shape index (κ3) is 4.10. The van der Waals surface area contributed by atoms with Crippen molar-refractivity contribution >= 4 is 45.3 Å². The predicted octanol–water partition coefficient (Wildman–Crippen LogP) is 4.15. The van der Waals surface area contributed by atoms with Gasteiger partial charge in [0.25, 0.3) is 0 Å². The third-order valence-electron chi connectivity index (χ3n) is 4.85. The topological polar surface area (TPSA) is 85.6 Å². The normalized spacial score (nSPS) is 11.1. The van der Waals surface area contributed by atoms with Crippen LogP contribution in [0.4, 0.5) is 5.69 Å². The SMILES string of the molecule is O=C(CSc1ncnc2c1nnn2Cc1ccccc1)Nc1cccc2ccccc12. The van der Waals surface area contributed by atoms with Crippen molar-refractivity contribution in [3.05, 3.63) is 84.7 Å². The van der Waals surface area contributed by atoms with E-state index in [1.807, 2.05) is 72.8 Å². The summed E-state index contributed by atoms with van der Waals surface area (Å²) in [4.78, 5) is 21.2. The van der Waals surface area contributed by atoms with Gasteiger partial charge in [0.2, 0.25) is 5.91 Å². The summed E-state index contributed by atoms with van der Waals surface area (Å²) in [5, 5.41) is 14.2. The quantitative estimate of drug-likeness (QED) is 0.324. The van der Waals surface area contributed by atoms with Crippen molar-refractivity contribution in [3.8, 4) is 0 Å². The minimum atomic E-state index is -0.107. The van der Waals surface area contributed by atoms with Gasteiger partial charge in [-0.25, -0.2) is 14.6 Å². The fourth-order valence-corrected chi connectivity index (χ4v) is 4.12. The van der Waals surface area contributed by atoms with E-state index in [0.717, 1.165) is 22.0 Å². The van der Waals surface area contributed by atoms with E-state index in [-0.39, 0.29) is 11.7 Å². The van der Waals surface area contributed by atoms with Gasteiger partial charge in [-0.05, 0) is 17.0 Å². The Hall–Kier alpha value is -3.78. The lowest BCUT2D eigenvalue weighted by molar-refractivity contribution is -0.113. The highest BCUT2D eigenvalue weighted by molar-refractivity contribution is 8.00. The van der Waals surface area contributed by atoms with Crippen LogP contribution in [0.15, 0.2) is 84.1 Å². The van der Waals surface area contributed by atoms with Crippen molar-refractivity contribution in [3.63, 3.8) is 0 Å². The summed E-state index contributed by atoms with van der Waals surface area (Å²) in [6.45, 7) is 0.569. The number of nitrogens with one attached hydrogen (secondary N) is 1. The summed E-state index contributed by atoms with van der Waals surface area (Å²) in [6.07, 6.45) is 1.48. The maximum atomic E-state index is 12.6. The second-order valence-corrected chi connectivity index (χ2v) is 7.91. The van der Waals surface area contributed by atoms with E-state index in [0.29, 0.717) is 22.7 Å². The van der Waals surface area contributed by atoms with Gasteiger partial charge in [0.15, 0.2) is 11.2 Å². The number of amides is 1. The molecule has 8 heteroatoms. The van der Waals surface area contributed by atoms with Crippen LogP contribution in [0.25, 0.3) is 21.9 Å². The molecule has 5 rings (SSSR count). The lowest BCUT2D eigenvalue weighted by atomic mass is 10.1. The Morgan fingerprint density at radius 3 is 2.65 bits per heavy atom. The first-order chi connectivity index (χ1) is 15.3. The van der Waals surface area contributed by atoms with Crippen LogP contribution >= 0.6 is 11.8 Å². The largest absolute Gasteiger partial charge is 0.325 e. The van der Waals surface area contributed by atoms with E-state index in [4.69, 9.17) is 0 Å². The van der Waals surface area contributed by atoms with E-state index in [1.54, 1.807) is 4.68 Å². The van der Waals surface area contributed by atoms with Crippen molar-refractivity contribution in [2.45, 2.75) is 11.6 Å². The Labute approximate surface area is 182 Å². The average molecular weight is 427 g/mol. The highest BCUT2D eigenvalue weighted by atomic mass is 32.2. The van der Waals surface area contributed by atoms with Crippen molar-refractivity contribution in [1.82, 2.24) is 25.0 Å². The van der Waals surface area contributed by atoms with Crippen LogP contribution in [-0.4, -0.2) is 36.6 Å². The van der Waals surface area contributed by atoms with Gasteiger partial charge in [0.1, 0.15) is 11.4 Å². The smallest absolute Gasteiger partial charge is 0.234 e. The van der Waals surface area contributed by atoms with Crippen LogP contribution in [0.2, 0.25) is 0 Å². The minimum absolute atomic E-state index is 0.107. The lowest BCUT2D eigenvalue weighted by Crippen LogP contribution is -2.14. The molecule has 3 aromatic carbocycles. The van der Waals surface area contributed by atoms with E-state index in [1.165, 1.54) is 18.1 Å². The molecule has 7 nitrogen and oxygen atoms in total. The first-order valence-electron chi connectivity index (χ1n) is 9.76. The molecule has 0 saturated carbocycles. The van der Waals surface area contributed by atoms with Gasteiger partial charge in [-0.1, -0.05) is 83.7 Å². The van der Waals surface area contributed by atoms with E-state index in [2.05, 4.69) is 25.6 Å². The minimum Gasteiger partial charge on any atom is -0.325 e. The zero-order valence-corrected chi connectivity index (χ0v) is 17.3. The van der Waals surface area contributed by atoms with Crippen LogP contribution in [0.3, 0.4) is 0 Å². The first-order valence-corrected chi connectivity index (χ1v) is 10.7. The Balaban J connectivity index is 1.31. The molecule has 1 N–H and O–H groups in total. The number of fused-ring (bicyclic) bond motifs is 2. The molecule has 0 aliphatic rings. The van der Waals surface area contributed by atoms with Gasteiger partial charge in [-0.3, -0.25) is 4.79 Å². The fourth-order valence-electron chi connectivity index (χ4n) is 3.39. The maximum Gasteiger partial charge on any atom is 0.234 e. The highest BCUT2D eigenvalue weighted by Crippen LogP contribution is 2.25. The van der Waals surface area contributed by atoms with Crippen LogP contribution in [-0.2, 0) is 11.3 Å². The molecule has 2 aromatic heterocycles. The van der Waals surface area contributed by atoms with Gasteiger partial charge in [0, 0.05) is 11.1 Å². The summed E-state index contributed by atoms with van der Waals surface area (Å²) < 4.78 is 1.74. The lowest BCUT2D eigenvalue weighted by Gasteiger charge is -2.08. The molecule has 0 aliphatic carbocycles. The predicted molar refractivity (Wildman–Crippen MR) is 122 cm³/mol. The molecule has 0 atom stereocenters. The third-order valence-corrected chi connectivity index (χ3v) is 5.82. The van der Waals surface area contributed by atoms with Crippen LogP contribution in [0, 0.1) is 0 Å². The molecule has 5 aromatic rings. The number of hydrogen-bond acceptors (Lipinski definition) is 6. The van der Waals surface area contributed by atoms with Gasteiger partial charge in [0.05, 0.1) is 12.3 Å². The van der Waals surface area contributed by atoms with Gasteiger partial charge >= 0.3 is 0 Å². The zero-order valence-electron chi connectivity index (χ0n) is 16.5. The Kier molecular flexibility index (Phi) is 5.28. The number of rotatable bonds is 6. The Morgan fingerprint density at radius 1 is 0.935 bits per heavy atom. The second-order valence-electron chi connectivity index (χ2n) is 6.95. The zero-order chi connectivity index (χ0) is 21.0. The molecule has 0 spiro atoms. The summed E-state index contributed by atoms with van der Waals surface area (Å²) in [5.41, 5.74) is 3.15. The van der Waals surface area contributed by atoms with Crippen LogP contribution in [0.5, 0.6) is 0 Å². The number of thioether (sulfide) groups is 1. The molecule has 0 radical (unpaired) electrons. The number of nitrogens with zero attached hydrogens (tertiary/aromatic N) is 5. The molecule has 0 fully saturated rings. The molecular formula is C23H18N6OS.